The quantitative estimate of drug-likeness (QED) is 0.670. The Kier molecular flexibility index (Phi) is 6.39. The first-order valence-corrected chi connectivity index (χ1v) is 9.67. The van der Waals surface area contributed by atoms with Crippen molar-refractivity contribution in [3.8, 4) is 5.69 Å². The zero-order valence-corrected chi connectivity index (χ0v) is 16.9. The van der Waals surface area contributed by atoms with Crippen LogP contribution in [-0.2, 0) is 11.2 Å². The summed E-state index contributed by atoms with van der Waals surface area (Å²) in [5.74, 6) is -0.241. The second-order valence-corrected chi connectivity index (χ2v) is 6.78. The fourth-order valence-corrected chi connectivity index (χ4v) is 2.96. The van der Waals surface area contributed by atoms with E-state index in [2.05, 4.69) is 15.6 Å². The number of nitrogens with one attached hydrogen (secondary N) is 1. The molecule has 2 amide bonds. The van der Waals surface area contributed by atoms with Gasteiger partial charge in [-0.15, -0.1) is 5.10 Å². The van der Waals surface area contributed by atoms with E-state index in [9.17, 15) is 9.59 Å². The second kappa shape index (κ2) is 9.14. The number of amides is 2. The van der Waals surface area contributed by atoms with E-state index in [1.165, 1.54) is 0 Å². The summed E-state index contributed by atoms with van der Waals surface area (Å²) in [4.78, 5) is 26.5. The van der Waals surface area contributed by atoms with Gasteiger partial charge in [0.05, 0.1) is 18.3 Å². The summed E-state index contributed by atoms with van der Waals surface area (Å²) >= 11 is 0. The number of nitrogens with zero attached hydrogens (tertiary/aromatic N) is 4. The highest BCUT2D eigenvalue weighted by Crippen LogP contribution is 2.13. The maximum atomic E-state index is 12.5. The first kappa shape index (κ1) is 20.3. The van der Waals surface area contributed by atoms with Crippen LogP contribution in [0.5, 0.6) is 0 Å². The van der Waals surface area contributed by atoms with Crippen molar-refractivity contribution in [2.75, 3.05) is 18.4 Å². The molecule has 0 aliphatic carbocycles. The average Bonchev–Trinajstić information content (AvgIpc) is 3.21. The molecule has 3 aromatic rings. The average molecular weight is 391 g/mol. The molecular formula is C22H25N5O2. The maximum absolute atomic E-state index is 12.5. The van der Waals surface area contributed by atoms with Gasteiger partial charge in [0.15, 0.2) is 5.69 Å². The number of carbonyl (C=O) groups is 2. The zero-order valence-electron chi connectivity index (χ0n) is 16.9. The molecule has 1 aromatic heterocycles. The van der Waals surface area contributed by atoms with Crippen molar-refractivity contribution in [1.29, 1.82) is 0 Å². The molecule has 3 rings (SSSR count). The molecular weight excluding hydrogens is 366 g/mol. The Hall–Kier alpha value is -3.48. The molecule has 0 radical (unpaired) electrons. The molecule has 0 aliphatic heterocycles. The predicted octanol–water partition coefficient (Wildman–Crippen LogP) is 3.24. The SMILES string of the molecule is CCN(CC)C(=O)Cc1ccc(NC(=O)c2cn(-c3ccc(C)cc3)nn2)cc1. The molecule has 150 valence electrons. The lowest BCUT2D eigenvalue weighted by Gasteiger charge is -2.18. The van der Waals surface area contributed by atoms with Crippen molar-refractivity contribution in [3.05, 3.63) is 71.5 Å². The van der Waals surface area contributed by atoms with Gasteiger partial charge < -0.3 is 10.2 Å². The van der Waals surface area contributed by atoms with Crippen LogP contribution in [0.15, 0.2) is 54.7 Å². The molecule has 29 heavy (non-hydrogen) atoms. The molecule has 0 bridgehead atoms. The minimum Gasteiger partial charge on any atom is -0.343 e. The highest BCUT2D eigenvalue weighted by molar-refractivity contribution is 6.02. The Morgan fingerprint density at radius 2 is 1.66 bits per heavy atom. The van der Waals surface area contributed by atoms with Crippen LogP contribution in [0.2, 0.25) is 0 Å². The van der Waals surface area contributed by atoms with Crippen LogP contribution in [0.3, 0.4) is 0 Å². The molecule has 0 saturated carbocycles. The van der Waals surface area contributed by atoms with Crippen LogP contribution in [0.1, 0.15) is 35.5 Å². The van der Waals surface area contributed by atoms with E-state index >= 15 is 0 Å². The van der Waals surface area contributed by atoms with Gasteiger partial charge in [-0.05, 0) is 50.6 Å². The number of carbonyl (C=O) groups excluding carboxylic acids is 2. The number of rotatable bonds is 7. The summed E-state index contributed by atoms with van der Waals surface area (Å²) in [5, 5.41) is 10.8. The number of aromatic nitrogens is 3. The van der Waals surface area contributed by atoms with Gasteiger partial charge in [0.2, 0.25) is 5.91 Å². The van der Waals surface area contributed by atoms with Crippen molar-refractivity contribution in [2.24, 2.45) is 0 Å². The summed E-state index contributed by atoms with van der Waals surface area (Å²) in [7, 11) is 0. The Morgan fingerprint density at radius 1 is 1.00 bits per heavy atom. The van der Waals surface area contributed by atoms with Gasteiger partial charge in [-0.3, -0.25) is 9.59 Å². The fraction of sp³-hybridized carbons (Fsp3) is 0.273. The standard InChI is InChI=1S/C22H25N5O2/c1-4-26(5-2)21(28)14-17-8-10-18(11-9-17)23-22(29)20-15-27(25-24-20)19-12-6-16(3)7-13-19/h6-13,15H,4-5,14H2,1-3H3,(H,23,29). The van der Waals surface area contributed by atoms with E-state index in [1.807, 2.05) is 57.2 Å². The van der Waals surface area contributed by atoms with Gasteiger partial charge in [-0.25, -0.2) is 4.68 Å². The van der Waals surface area contributed by atoms with Crippen LogP contribution >= 0.6 is 0 Å². The highest BCUT2D eigenvalue weighted by atomic mass is 16.2. The van der Waals surface area contributed by atoms with Crippen LogP contribution in [0.4, 0.5) is 5.69 Å². The van der Waals surface area contributed by atoms with Gasteiger partial charge >= 0.3 is 0 Å². The van der Waals surface area contributed by atoms with Crippen molar-refractivity contribution >= 4 is 17.5 Å². The van der Waals surface area contributed by atoms with Gasteiger partial charge in [0.1, 0.15) is 0 Å². The van der Waals surface area contributed by atoms with Crippen LogP contribution in [-0.4, -0.2) is 44.8 Å². The maximum Gasteiger partial charge on any atom is 0.277 e. The Labute approximate surface area is 170 Å². The monoisotopic (exact) mass is 391 g/mol. The first-order valence-electron chi connectivity index (χ1n) is 9.67. The lowest BCUT2D eigenvalue weighted by molar-refractivity contribution is -0.130. The zero-order chi connectivity index (χ0) is 20.8. The van der Waals surface area contributed by atoms with Gasteiger partial charge in [-0.2, -0.15) is 0 Å². The van der Waals surface area contributed by atoms with E-state index in [-0.39, 0.29) is 17.5 Å². The molecule has 2 aromatic carbocycles. The van der Waals surface area contributed by atoms with Gasteiger partial charge in [0, 0.05) is 18.8 Å². The van der Waals surface area contributed by atoms with E-state index < -0.39 is 0 Å². The van der Waals surface area contributed by atoms with Crippen LogP contribution in [0, 0.1) is 6.92 Å². The summed E-state index contributed by atoms with van der Waals surface area (Å²) in [6, 6.07) is 15.1. The van der Waals surface area contributed by atoms with E-state index in [4.69, 9.17) is 0 Å². The van der Waals surface area contributed by atoms with E-state index in [1.54, 1.807) is 27.9 Å². The second-order valence-electron chi connectivity index (χ2n) is 6.78. The molecule has 0 atom stereocenters. The van der Waals surface area contributed by atoms with Crippen molar-refractivity contribution in [3.63, 3.8) is 0 Å². The molecule has 1 N–H and O–H groups in total. The molecule has 0 spiro atoms. The topological polar surface area (TPSA) is 80.1 Å². The van der Waals surface area contributed by atoms with Crippen molar-refractivity contribution in [2.45, 2.75) is 27.2 Å². The minimum atomic E-state index is -0.338. The number of benzene rings is 2. The summed E-state index contributed by atoms with van der Waals surface area (Å²) in [6.07, 6.45) is 1.94. The Morgan fingerprint density at radius 3 is 2.28 bits per heavy atom. The van der Waals surface area contributed by atoms with Crippen LogP contribution < -0.4 is 5.32 Å². The number of aryl methyl sites for hydroxylation is 1. The fourth-order valence-electron chi connectivity index (χ4n) is 2.96. The van der Waals surface area contributed by atoms with Crippen molar-refractivity contribution < 1.29 is 9.59 Å². The third-order valence-corrected chi connectivity index (χ3v) is 4.71. The molecule has 0 aliphatic rings. The number of anilines is 1. The third kappa shape index (κ3) is 5.07. The van der Waals surface area contributed by atoms with Gasteiger partial charge in [-0.1, -0.05) is 35.0 Å². The molecule has 1 heterocycles. The molecule has 7 heteroatoms. The first-order chi connectivity index (χ1) is 14.0. The highest BCUT2D eigenvalue weighted by Gasteiger charge is 2.13. The lowest BCUT2D eigenvalue weighted by atomic mass is 10.1. The third-order valence-electron chi connectivity index (χ3n) is 4.71. The van der Waals surface area contributed by atoms with E-state index in [0.717, 1.165) is 16.8 Å². The number of hydrogen-bond donors (Lipinski definition) is 1. The Bertz CT molecular complexity index is 973. The smallest absolute Gasteiger partial charge is 0.277 e. The Balaban J connectivity index is 1.62. The number of hydrogen-bond acceptors (Lipinski definition) is 4. The minimum absolute atomic E-state index is 0.0968. The molecule has 0 unspecified atom stereocenters. The van der Waals surface area contributed by atoms with E-state index in [0.29, 0.717) is 25.2 Å². The van der Waals surface area contributed by atoms with Gasteiger partial charge in [0.25, 0.3) is 5.91 Å². The summed E-state index contributed by atoms with van der Waals surface area (Å²) in [5.41, 5.74) is 3.76. The molecule has 0 saturated heterocycles. The largest absolute Gasteiger partial charge is 0.343 e. The lowest BCUT2D eigenvalue weighted by Crippen LogP contribution is -2.31. The van der Waals surface area contributed by atoms with Crippen LogP contribution in [0.25, 0.3) is 5.69 Å². The number of likely N-dealkylation sites (N-methyl/N-ethyl adjacent to an activating group) is 1. The molecule has 0 fully saturated rings. The van der Waals surface area contributed by atoms with Crippen molar-refractivity contribution in [1.82, 2.24) is 19.9 Å². The normalized spacial score (nSPS) is 10.6. The summed E-state index contributed by atoms with van der Waals surface area (Å²) < 4.78 is 1.57. The predicted molar refractivity (Wildman–Crippen MR) is 112 cm³/mol. The molecule has 7 nitrogen and oxygen atoms in total. The summed E-state index contributed by atoms with van der Waals surface area (Å²) in [6.45, 7) is 7.35.